The van der Waals surface area contributed by atoms with E-state index in [4.69, 9.17) is 4.74 Å². The number of nitrogens with one attached hydrogen (secondary N) is 1. The molecule has 4 heteroatoms. The zero-order valence-electron chi connectivity index (χ0n) is 11.3. The van der Waals surface area contributed by atoms with Gasteiger partial charge in [0.2, 0.25) is 0 Å². The summed E-state index contributed by atoms with van der Waals surface area (Å²) in [6, 6.07) is 2.57. The predicted octanol–water partition coefficient (Wildman–Crippen LogP) is 3.52. The third-order valence-corrected chi connectivity index (χ3v) is 3.56. The lowest BCUT2D eigenvalue weighted by Crippen LogP contribution is -2.19. The molecule has 102 valence electrons. The molecule has 1 aromatic heterocycles. The van der Waals surface area contributed by atoms with E-state index in [9.17, 15) is 4.79 Å². The van der Waals surface area contributed by atoms with Crippen LogP contribution in [0.2, 0.25) is 0 Å². The van der Waals surface area contributed by atoms with E-state index in [1.54, 1.807) is 11.3 Å². The number of unbranched alkanes of at least 4 members (excludes halogenated alkanes) is 2. The van der Waals surface area contributed by atoms with Crippen molar-refractivity contribution in [1.82, 2.24) is 5.32 Å². The van der Waals surface area contributed by atoms with E-state index < -0.39 is 0 Å². The highest BCUT2D eigenvalue weighted by molar-refractivity contribution is 7.07. The standard InChI is InChI=1S/C14H23NO2S/c1-3-17-14(16)7-5-4-6-9-15-12(2)13-8-10-18-11-13/h8,10-12,15H,3-7,9H2,1-2H3. The maximum Gasteiger partial charge on any atom is 0.305 e. The number of rotatable bonds is 9. The van der Waals surface area contributed by atoms with Gasteiger partial charge in [-0.2, -0.15) is 11.3 Å². The Morgan fingerprint density at radius 1 is 1.44 bits per heavy atom. The lowest BCUT2D eigenvalue weighted by Gasteiger charge is -2.12. The van der Waals surface area contributed by atoms with E-state index in [-0.39, 0.29) is 5.97 Å². The van der Waals surface area contributed by atoms with Gasteiger partial charge < -0.3 is 10.1 Å². The van der Waals surface area contributed by atoms with Gasteiger partial charge in [0.25, 0.3) is 0 Å². The molecule has 0 bridgehead atoms. The van der Waals surface area contributed by atoms with Crippen LogP contribution in [-0.2, 0) is 9.53 Å². The monoisotopic (exact) mass is 269 g/mol. The third-order valence-electron chi connectivity index (χ3n) is 2.86. The summed E-state index contributed by atoms with van der Waals surface area (Å²) in [6.45, 7) is 5.51. The minimum atomic E-state index is -0.0721. The van der Waals surface area contributed by atoms with E-state index in [0.29, 0.717) is 19.1 Å². The van der Waals surface area contributed by atoms with Crippen molar-refractivity contribution < 1.29 is 9.53 Å². The number of thiophene rings is 1. The number of carbonyl (C=O) groups excluding carboxylic acids is 1. The molecule has 1 rings (SSSR count). The lowest BCUT2D eigenvalue weighted by molar-refractivity contribution is -0.143. The van der Waals surface area contributed by atoms with Crippen molar-refractivity contribution in [1.29, 1.82) is 0 Å². The van der Waals surface area contributed by atoms with Crippen LogP contribution in [0.25, 0.3) is 0 Å². The van der Waals surface area contributed by atoms with Gasteiger partial charge in [0, 0.05) is 12.5 Å². The van der Waals surface area contributed by atoms with Gasteiger partial charge in [0.05, 0.1) is 6.61 Å². The Bertz CT molecular complexity index is 325. The molecular formula is C14H23NO2S. The van der Waals surface area contributed by atoms with Crippen molar-refractivity contribution in [3.05, 3.63) is 22.4 Å². The fourth-order valence-corrected chi connectivity index (χ4v) is 2.52. The molecule has 0 amide bonds. The lowest BCUT2D eigenvalue weighted by atomic mass is 10.1. The van der Waals surface area contributed by atoms with Gasteiger partial charge in [0.1, 0.15) is 0 Å². The number of carbonyl (C=O) groups is 1. The molecule has 18 heavy (non-hydrogen) atoms. The highest BCUT2D eigenvalue weighted by atomic mass is 32.1. The Labute approximate surface area is 114 Å². The zero-order chi connectivity index (χ0) is 13.2. The van der Waals surface area contributed by atoms with E-state index >= 15 is 0 Å². The average Bonchev–Trinajstić information content (AvgIpc) is 2.87. The molecule has 0 aliphatic rings. The molecule has 1 unspecified atom stereocenters. The van der Waals surface area contributed by atoms with E-state index in [2.05, 4.69) is 29.1 Å². The second-order valence-electron chi connectivity index (χ2n) is 4.35. The van der Waals surface area contributed by atoms with E-state index in [0.717, 1.165) is 25.8 Å². The zero-order valence-corrected chi connectivity index (χ0v) is 12.1. The second-order valence-corrected chi connectivity index (χ2v) is 5.13. The van der Waals surface area contributed by atoms with Gasteiger partial charge >= 0.3 is 5.97 Å². The first-order valence-corrected chi connectivity index (χ1v) is 7.59. The minimum Gasteiger partial charge on any atom is -0.466 e. The van der Waals surface area contributed by atoms with Crippen molar-refractivity contribution in [2.45, 2.75) is 45.6 Å². The Morgan fingerprint density at radius 2 is 2.28 bits per heavy atom. The van der Waals surface area contributed by atoms with E-state index in [1.807, 2.05) is 6.92 Å². The molecule has 0 fully saturated rings. The summed E-state index contributed by atoms with van der Waals surface area (Å²) in [5.74, 6) is -0.0721. The van der Waals surface area contributed by atoms with Crippen LogP contribution in [-0.4, -0.2) is 19.1 Å². The van der Waals surface area contributed by atoms with Crippen LogP contribution >= 0.6 is 11.3 Å². The SMILES string of the molecule is CCOC(=O)CCCCCNC(C)c1ccsc1. The molecule has 1 heterocycles. The van der Waals surface area contributed by atoms with Crippen LogP contribution in [0.1, 0.15) is 51.1 Å². The topological polar surface area (TPSA) is 38.3 Å². The summed E-state index contributed by atoms with van der Waals surface area (Å²) in [6.07, 6.45) is 3.65. The number of hydrogen-bond acceptors (Lipinski definition) is 4. The molecular weight excluding hydrogens is 246 g/mol. The Morgan fingerprint density at radius 3 is 2.94 bits per heavy atom. The van der Waals surface area contributed by atoms with Crippen molar-refractivity contribution in [2.24, 2.45) is 0 Å². The van der Waals surface area contributed by atoms with Crippen LogP contribution < -0.4 is 5.32 Å². The number of ether oxygens (including phenoxy) is 1. The molecule has 0 aromatic carbocycles. The van der Waals surface area contributed by atoms with Crippen LogP contribution in [0, 0.1) is 0 Å². The molecule has 1 atom stereocenters. The first-order valence-electron chi connectivity index (χ1n) is 6.65. The minimum absolute atomic E-state index is 0.0721. The quantitative estimate of drug-likeness (QED) is 0.550. The molecule has 3 nitrogen and oxygen atoms in total. The summed E-state index contributed by atoms with van der Waals surface area (Å²) in [5, 5.41) is 7.77. The van der Waals surface area contributed by atoms with Crippen LogP contribution in [0.5, 0.6) is 0 Å². The van der Waals surface area contributed by atoms with Crippen LogP contribution in [0.4, 0.5) is 0 Å². The highest BCUT2D eigenvalue weighted by Gasteiger charge is 2.04. The van der Waals surface area contributed by atoms with Crippen molar-refractivity contribution in [3.63, 3.8) is 0 Å². The fourth-order valence-electron chi connectivity index (χ4n) is 1.76. The third kappa shape index (κ3) is 6.17. The summed E-state index contributed by atoms with van der Waals surface area (Å²) in [7, 11) is 0. The van der Waals surface area contributed by atoms with Gasteiger partial charge in [-0.15, -0.1) is 0 Å². The van der Waals surface area contributed by atoms with Crippen LogP contribution in [0.3, 0.4) is 0 Å². The maximum atomic E-state index is 11.1. The summed E-state index contributed by atoms with van der Waals surface area (Å²) >= 11 is 1.73. The molecule has 1 aromatic rings. The highest BCUT2D eigenvalue weighted by Crippen LogP contribution is 2.15. The van der Waals surface area contributed by atoms with Gasteiger partial charge in [-0.25, -0.2) is 0 Å². The molecule has 0 aliphatic carbocycles. The molecule has 0 saturated heterocycles. The molecule has 0 spiro atoms. The van der Waals surface area contributed by atoms with E-state index in [1.165, 1.54) is 5.56 Å². The summed E-state index contributed by atoms with van der Waals surface area (Å²) < 4.78 is 4.88. The fraction of sp³-hybridized carbons (Fsp3) is 0.643. The normalized spacial score (nSPS) is 12.3. The van der Waals surface area contributed by atoms with Gasteiger partial charge in [-0.05, 0) is 55.6 Å². The largest absolute Gasteiger partial charge is 0.466 e. The van der Waals surface area contributed by atoms with Crippen molar-refractivity contribution in [3.8, 4) is 0 Å². The second kappa shape index (κ2) is 9.11. The first-order chi connectivity index (χ1) is 8.74. The molecule has 0 aliphatic heterocycles. The smallest absolute Gasteiger partial charge is 0.305 e. The summed E-state index contributed by atoms with van der Waals surface area (Å²) in [4.78, 5) is 11.1. The predicted molar refractivity (Wildman–Crippen MR) is 75.8 cm³/mol. The Balaban J connectivity index is 1.97. The Hall–Kier alpha value is -0.870. The number of hydrogen-bond donors (Lipinski definition) is 1. The average molecular weight is 269 g/mol. The van der Waals surface area contributed by atoms with Crippen LogP contribution in [0.15, 0.2) is 16.8 Å². The molecule has 0 radical (unpaired) electrons. The molecule has 1 N–H and O–H groups in total. The van der Waals surface area contributed by atoms with Gasteiger partial charge in [0.15, 0.2) is 0 Å². The Kier molecular flexibility index (Phi) is 7.69. The molecule has 0 saturated carbocycles. The van der Waals surface area contributed by atoms with Crippen molar-refractivity contribution >= 4 is 17.3 Å². The van der Waals surface area contributed by atoms with Gasteiger partial charge in [-0.3, -0.25) is 4.79 Å². The summed E-state index contributed by atoms with van der Waals surface area (Å²) in [5.41, 5.74) is 1.35. The van der Waals surface area contributed by atoms with Gasteiger partial charge in [-0.1, -0.05) is 6.42 Å². The maximum absolute atomic E-state index is 11.1. The first kappa shape index (κ1) is 15.2. The van der Waals surface area contributed by atoms with Crippen molar-refractivity contribution in [2.75, 3.05) is 13.2 Å². The number of esters is 1.